The van der Waals surface area contributed by atoms with E-state index < -0.39 is 7.82 Å². The Kier molecular flexibility index (Phi) is 21.0. The minimum Gasteiger partial charge on any atom is -0.303 e. The van der Waals surface area contributed by atoms with Crippen molar-refractivity contribution in [3.63, 3.8) is 0 Å². The van der Waals surface area contributed by atoms with Crippen LogP contribution < -0.4 is 0 Å². The first kappa shape index (κ1) is 32.1. The first-order valence-electron chi connectivity index (χ1n) is 15.0. The quantitative estimate of drug-likeness (QED) is 0.105. The lowest BCUT2D eigenvalue weighted by Crippen LogP contribution is -2.37. The molecule has 0 aromatic carbocycles. The van der Waals surface area contributed by atoms with Crippen LogP contribution in [0.15, 0.2) is 0 Å². The van der Waals surface area contributed by atoms with E-state index in [1.807, 2.05) is 0 Å². The molecule has 1 atom stereocenters. The fourth-order valence-electron chi connectivity index (χ4n) is 4.87. The number of rotatable bonds is 24. The fourth-order valence-corrected chi connectivity index (χ4v) is 5.88. The van der Waals surface area contributed by atoms with Gasteiger partial charge in [0.05, 0.1) is 12.7 Å². The molecule has 1 aliphatic rings. The van der Waals surface area contributed by atoms with E-state index in [0.29, 0.717) is 6.61 Å². The van der Waals surface area contributed by atoms with Crippen molar-refractivity contribution >= 4 is 7.82 Å². The summed E-state index contributed by atoms with van der Waals surface area (Å²) in [5.74, 6) is 0. The maximum atomic E-state index is 12.2. The molecule has 0 saturated carbocycles. The maximum absolute atomic E-state index is 12.2. The molecule has 1 rings (SSSR count). The third-order valence-corrected chi connectivity index (χ3v) is 8.22. The lowest BCUT2D eigenvalue weighted by Gasteiger charge is -2.32. The SMILES string of the molecule is CCCCCCCCCCCCCCCCCCOP(=O)(O)OC1CCN(CCCCC)CC1. The zero-order valence-electron chi connectivity index (χ0n) is 22.8. The van der Waals surface area contributed by atoms with Gasteiger partial charge in [0.15, 0.2) is 0 Å². The summed E-state index contributed by atoms with van der Waals surface area (Å²) in [6.07, 6.45) is 26.3. The zero-order chi connectivity index (χ0) is 24.7. The van der Waals surface area contributed by atoms with E-state index in [4.69, 9.17) is 9.05 Å². The van der Waals surface area contributed by atoms with Crippen LogP contribution in [0.2, 0.25) is 0 Å². The highest BCUT2D eigenvalue weighted by molar-refractivity contribution is 7.47. The lowest BCUT2D eigenvalue weighted by molar-refractivity contribution is 0.0569. The lowest BCUT2D eigenvalue weighted by atomic mass is 10.0. The van der Waals surface area contributed by atoms with Crippen LogP contribution in [0.3, 0.4) is 0 Å². The van der Waals surface area contributed by atoms with Crippen LogP contribution in [0.4, 0.5) is 0 Å². The highest BCUT2D eigenvalue weighted by Crippen LogP contribution is 2.46. The van der Waals surface area contributed by atoms with Gasteiger partial charge in [-0.2, -0.15) is 0 Å². The topological polar surface area (TPSA) is 59.0 Å². The first-order chi connectivity index (χ1) is 16.6. The molecule has 0 radical (unpaired) electrons. The molecule has 1 unspecified atom stereocenters. The van der Waals surface area contributed by atoms with Gasteiger partial charge in [-0.1, -0.05) is 123 Å². The third kappa shape index (κ3) is 19.3. The Morgan fingerprint density at radius 1 is 0.676 bits per heavy atom. The summed E-state index contributed by atoms with van der Waals surface area (Å²) >= 11 is 0. The van der Waals surface area contributed by atoms with Gasteiger partial charge in [0.25, 0.3) is 0 Å². The molecule has 6 heteroatoms. The molecule has 0 aromatic rings. The Morgan fingerprint density at radius 2 is 1.09 bits per heavy atom. The van der Waals surface area contributed by atoms with Gasteiger partial charge in [-0.3, -0.25) is 9.05 Å². The van der Waals surface area contributed by atoms with Crippen molar-refractivity contribution in [3.05, 3.63) is 0 Å². The van der Waals surface area contributed by atoms with E-state index in [1.54, 1.807) is 0 Å². The molecule has 1 heterocycles. The average molecular weight is 504 g/mol. The molecule has 1 saturated heterocycles. The van der Waals surface area contributed by atoms with Gasteiger partial charge in [-0.15, -0.1) is 0 Å². The monoisotopic (exact) mass is 503 g/mol. The summed E-state index contributed by atoms with van der Waals surface area (Å²) in [7, 11) is -3.92. The van der Waals surface area contributed by atoms with Crippen molar-refractivity contribution < 1.29 is 18.5 Å². The molecule has 0 bridgehead atoms. The molecule has 204 valence electrons. The van der Waals surface area contributed by atoms with E-state index in [1.165, 1.54) is 109 Å². The predicted octanol–water partition coefficient (Wildman–Crippen LogP) is 9.04. The molecular formula is C28H58NO4P. The predicted molar refractivity (Wildman–Crippen MR) is 145 cm³/mol. The zero-order valence-corrected chi connectivity index (χ0v) is 23.7. The van der Waals surface area contributed by atoms with Gasteiger partial charge in [-0.05, 0) is 32.2 Å². The fraction of sp³-hybridized carbons (Fsp3) is 1.00. The number of phosphoric ester groups is 1. The third-order valence-electron chi connectivity index (χ3n) is 7.15. The Bertz CT molecular complexity index is 483. The number of likely N-dealkylation sites (tertiary alicyclic amines) is 1. The summed E-state index contributed by atoms with van der Waals surface area (Å²) in [6.45, 7) is 7.86. The van der Waals surface area contributed by atoms with E-state index >= 15 is 0 Å². The van der Waals surface area contributed by atoms with Crippen LogP contribution in [-0.4, -0.2) is 42.1 Å². The number of hydrogen-bond acceptors (Lipinski definition) is 4. The molecule has 0 spiro atoms. The van der Waals surface area contributed by atoms with Gasteiger partial charge in [0.2, 0.25) is 0 Å². The van der Waals surface area contributed by atoms with E-state index in [0.717, 1.165) is 45.3 Å². The van der Waals surface area contributed by atoms with Gasteiger partial charge >= 0.3 is 7.82 Å². The van der Waals surface area contributed by atoms with Crippen molar-refractivity contribution in [2.75, 3.05) is 26.2 Å². The van der Waals surface area contributed by atoms with Crippen LogP contribution in [0.1, 0.15) is 149 Å². The second-order valence-electron chi connectivity index (χ2n) is 10.5. The number of phosphoric acid groups is 1. The smallest absolute Gasteiger partial charge is 0.303 e. The highest BCUT2D eigenvalue weighted by Gasteiger charge is 2.29. The van der Waals surface area contributed by atoms with Crippen molar-refractivity contribution in [1.82, 2.24) is 4.90 Å². The van der Waals surface area contributed by atoms with Crippen molar-refractivity contribution in [3.8, 4) is 0 Å². The van der Waals surface area contributed by atoms with E-state index in [9.17, 15) is 9.46 Å². The second-order valence-corrected chi connectivity index (χ2v) is 11.9. The summed E-state index contributed by atoms with van der Waals surface area (Å²) < 4.78 is 22.9. The van der Waals surface area contributed by atoms with Crippen LogP contribution in [0.5, 0.6) is 0 Å². The van der Waals surface area contributed by atoms with E-state index in [2.05, 4.69) is 18.7 Å². The molecule has 0 amide bonds. The highest BCUT2D eigenvalue weighted by atomic mass is 31.2. The molecule has 0 aromatic heterocycles. The average Bonchev–Trinajstić information content (AvgIpc) is 2.82. The first-order valence-corrected chi connectivity index (χ1v) is 16.4. The maximum Gasteiger partial charge on any atom is 0.472 e. The number of unbranched alkanes of at least 4 members (excludes halogenated alkanes) is 17. The number of piperidine rings is 1. The standard InChI is InChI=1S/C28H58NO4P/c1-3-5-7-8-9-10-11-12-13-14-15-16-17-18-19-21-27-32-34(30,31)33-28-22-25-29(26-23-28)24-20-6-4-2/h28H,3-27H2,1-2H3,(H,30,31). The summed E-state index contributed by atoms with van der Waals surface area (Å²) in [5, 5.41) is 0. The molecule has 1 N–H and O–H groups in total. The Labute approximate surface area is 212 Å². The summed E-state index contributed by atoms with van der Waals surface area (Å²) in [5.41, 5.74) is 0. The Morgan fingerprint density at radius 3 is 1.56 bits per heavy atom. The van der Waals surface area contributed by atoms with Crippen molar-refractivity contribution in [2.24, 2.45) is 0 Å². The molecule has 1 fully saturated rings. The van der Waals surface area contributed by atoms with Crippen LogP contribution >= 0.6 is 7.82 Å². The second kappa shape index (κ2) is 22.3. The van der Waals surface area contributed by atoms with Gasteiger partial charge in [0, 0.05) is 13.1 Å². The van der Waals surface area contributed by atoms with E-state index in [-0.39, 0.29) is 6.10 Å². The van der Waals surface area contributed by atoms with Gasteiger partial charge < -0.3 is 9.79 Å². The number of hydrogen-bond donors (Lipinski definition) is 1. The molecular weight excluding hydrogens is 445 g/mol. The summed E-state index contributed by atoms with van der Waals surface area (Å²) in [6, 6.07) is 0. The van der Waals surface area contributed by atoms with Crippen LogP contribution in [0, 0.1) is 0 Å². The minimum atomic E-state index is -3.92. The molecule has 0 aliphatic carbocycles. The molecule has 5 nitrogen and oxygen atoms in total. The van der Waals surface area contributed by atoms with Crippen LogP contribution in [0.25, 0.3) is 0 Å². The number of nitrogens with zero attached hydrogens (tertiary/aromatic N) is 1. The molecule has 34 heavy (non-hydrogen) atoms. The minimum absolute atomic E-state index is 0.149. The summed E-state index contributed by atoms with van der Waals surface area (Å²) in [4.78, 5) is 12.5. The molecule has 1 aliphatic heterocycles. The largest absolute Gasteiger partial charge is 0.472 e. The van der Waals surface area contributed by atoms with Crippen molar-refractivity contribution in [1.29, 1.82) is 0 Å². The van der Waals surface area contributed by atoms with Crippen LogP contribution in [-0.2, 0) is 13.6 Å². The Balaban J connectivity index is 1.86. The Hall–Kier alpha value is 0.0700. The van der Waals surface area contributed by atoms with Gasteiger partial charge in [0.1, 0.15) is 0 Å². The van der Waals surface area contributed by atoms with Crippen molar-refractivity contribution in [2.45, 2.75) is 155 Å². The van der Waals surface area contributed by atoms with Gasteiger partial charge in [-0.25, -0.2) is 4.57 Å². The normalized spacial score (nSPS) is 17.3.